The number of aryl methyl sites for hydroxylation is 1. The number of fused-ring (bicyclic) bond motifs is 5. The topological polar surface area (TPSA) is 75.9 Å². The van der Waals surface area contributed by atoms with Crippen molar-refractivity contribution in [2.24, 2.45) is 0 Å². The average molecular weight is 339 g/mol. The molecule has 128 valence electrons. The van der Waals surface area contributed by atoms with Crippen LogP contribution in [-0.4, -0.2) is 36.4 Å². The Morgan fingerprint density at radius 1 is 1.20 bits per heavy atom. The number of ether oxygens (including phenoxy) is 1. The van der Waals surface area contributed by atoms with Crippen LogP contribution in [0.2, 0.25) is 0 Å². The first-order valence-corrected chi connectivity index (χ1v) is 8.44. The first-order chi connectivity index (χ1) is 12.1. The standard InChI is InChI=1S/C18H17N3O4/c1-20-13-3-4-14-11(12(13)9-17(20)22)8-15-16(25-18(23)21(14)15)5-2-10-6-7-24-19-10/h3-4,6-7,15-16H,2,5,8-9H2,1H3/t15-,16-/m0/s1. The third-order valence-electron chi connectivity index (χ3n) is 5.50. The van der Waals surface area contributed by atoms with Crippen molar-refractivity contribution >= 4 is 23.4 Å². The number of amides is 2. The molecule has 0 saturated carbocycles. The lowest BCUT2D eigenvalue weighted by molar-refractivity contribution is -0.117. The molecule has 1 fully saturated rings. The number of nitrogens with zero attached hydrogens (tertiary/aromatic N) is 3. The molecule has 25 heavy (non-hydrogen) atoms. The van der Waals surface area contributed by atoms with Gasteiger partial charge in [-0.3, -0.25) is 9.69 Å². The van der Waals surface area contributed by atoms with Gasteiger partial charge in [0.15, 0.2) is 0 Å². The minimum absolute atomic E-state index is 0.0121. The maximum absolute atomic E-state index is 12.4. The molecular formula is C18H17N3O4. The summed E-state index contributed by atoms with van der Waals surface area (Å²) < 4.78 is 10.5. The second-order valence-corrected chi connectivity index (χ2v) is 6.78. The summed E-state index contributed by atoms with van der Waals surface area (Å²) in [7, 11) is 1.80. The Morgan fingerprint density at radius 2 is 2.04 bits per heavy atom. The summed E-state index contributed by atoms with van der Waals surface area (Å²) in [6.07, 6.45) is 3.62. The Kier molecular flexibility index (Phi) is 2.95. The smallest absolute Gasteiger partial charge is 0.415 e. The molecule has 1 aromatic heterocycles. The fraction of sp³-hybridized carbons (Fsp3) is 0.389. The van der Waals surface area contributed by atoms with Crippen LogP contribution in [0.1, 0.15) is 23.2 Å². The van der Waals surface area contributed by atoms with E-state index in [0.29, 0.717) is 19.3 Å². The normalized spacial score (nSPS) is 23.7. The second-order valence-electron chi connectivity index (χ2n) is 6.78. The molecule has 1 aromatic carbocycles. The lowest BCUT2D eigenvalue weighted by atomic mass is 9.97. The summed E-state index contributed by atoms with van der Waals surface area (Å²) in [6, 6.07) is 5.68. The van der Waals surface area contributed by atoms with E-state index in [4.69, 9.17) is 9.26 Å². The molecule has 5 rings (SSSR count). The van der Waals surface area contributed by atoms with E-state index >= 15 is 0 Å². The van der Waals surface area contributed by atoms with Crippen LogP contribution in [0.4, 0.5) is 16.2 Å². The summed E-state index contributed by atoms with van der Waals surface area (Å²) >= 11 is 0. The molecule has 2 aromatic rings. The van der Waals surface area contributed by atoms with E-state index in [1.165, 1.54) is 0 Å². The lowest BCUT2D eigenvalue weighted by Gasteiger charge is -2.16. The van der Waals surface area contributed by atoms with E-state index in [2.05, 4.69) is 5.16 Å². The number of likely N-dealkylation sites (N-methyl/N-ethyl adjacent to an activating group) is 1. The highest BCUT2D eigenvalue weighted by atomic mass is 16.6. The van der Waals surface area contributed by atoms with Crippen LogP contribution in [0.15, 0.2) is 29.0 Å². The quantitative estimate of drug-likeness (QED) is 0.856. The Balaban J connectivity index is 1.44. The molecule has 0 radical (unpaired) electrons. The minimum atomic E-state index is -0.300. The summed E-state index contributed by atoms with van der Waals surface area (Å²) in [5, 5.41) is 3.91. The number of hydrogen-bond donors (Lipinski definition) is 0. The van der Waals surface area contributed by atoms with E-state index in [0.717, 1.165) is 34.6 Å². The molecule has 0 N–H and O–H groups in total. The van der Waals surface area contributed by atoms with E-state index in [9.17, 15) is 9.59 Å². The lowest BCUT2D eigenvalue weighted by Crippen LogP contribution is -2.33. The van der Waals surface area contributed by atoms with Gasteiger partial charge in [-0.25, -0.2) is 4.79 Å². The highest BCUT2D eigenvalue weighted by Crippen LogP contribution is 2.45. The van der Waals surface area contributed by atoms with Crippen molar-refractivity contribution in [3.05, 3.63) is 41.3 Å². The molecule has 3 aliphatic rings. The molecule has 1 saturated heterocycles. The number of cyclic esters (lactones) is 1. The molecule has 2 atom stereocenters. The molecular weight excluding hydrogens is 322 g/mol. The molecule has 0 unspecified atom stereocenters. The molecule has 3 aliphatic heterocycles. The Hall–Kier alpha value is -2.83. The van der Waals surface area contributed by atoms with Gasteiger partial charge >= 0.3 is 6.09 Å². The predicted octanol–water partition coefficient (Wildman–Crippen LogP) is 2.08. The zero-order valence-corrected chi connectivity index (χ0v) is 13.8. The van der Waals surface area contributed by atoms with Gasteiger partial charge in [0.1, 0.15) is 12.4 Å². The van der Waals surface area contributed by atoms with E-state index in [1.807, 2.05) is 18.2 Å². The monoisotopic (exact) mass is 339 g/mol. The fourth-order valence-electron chi connectivity index (χ4n) is 4.22. The molecule has 7 nitrogen and oxygen atoms in total. The number of aromatic nitrogens is 1. The third kappa shape index (κ3) is 2.01. The Bertz CT molecular complexity index is 877. The zero-order valence-electron chi connectivity index (χ0n) is 13.8. The Morgan fingerprint density at radius 3 is 2.84 bits per heavy atom. The largest absolute Gasteiger partial charge is 0.444 e. The summed E-state index contributed by atoms with van der Waals surface area (Å²) in [4.78, 5) is 27.9. The molecule has 0 bridgehead atoms. The maximum atomic E-state index is 12.4. The van der Waals surface area contributed by atoms with Gasteiger partial charge < -0.3 is 14.2 Å². The van der Waals surface area contributed by atoms with Gasteiger partial charge in [0.2, 0.25) is 5.91 Å². The number of benzene rings is 1. The van der Waals surface area contributed by atoms with E-state index in [1.54, 1.807) is 23.1 Å². The highest BCUT2D eigenvalue weighted by molar-refractivity contribution is 6.04. The van der Waals surface area contributed by atoms with Gasteiger partial charge in [-0.15, -0.1) is 0 Å². The van der Waals surface area contributed by atoms with Gasteiger partial charge in [0, 0.05) is 18.8 Å². The van der Waals surface area contributed by atoms with E-state index in [-0.39, 0.29) is 24.1 Å². The number of hydrogen-bond acceptors (Lipinski definition) is 5. The third-order valence-corrected chi connectivity index (χ3v) is 5.50. The number of carbonyl (C=O) groups is 2. The highest BCUT2D eigenvalue weighted by Gasteiger charge is 2.48. The molecule has 2 amide bonds. The van der Waals surface area contributed by atoms with Crippen LogP contribution in [0.5, 0.6) is 0 Å². The Labute approximate surface area is 144 Å². The van der Waals surface area contributed by atoms with Crippen LogP contribution >= 0.6 is 0 Å². The fourth-order valence-corrected chi connectivity index (χ4v) is 4.22. The predicted molar refractivity (Wildman–Crippen MR) is 88.6 cm³/mol. The van der Waals surface area contributed by atoms with Crippen LogP contribution in [-0.2, 0) is 28.8 Å². The first-order valence-electron chi connectivity index (χ1n) is 8.44. The van der Waals surface area contributed by atoms with Crippen molar-refractivity contribution in [3.8, 4) is 0 Å². The van der Waals surface area contributed by atoms with Crippen molar-refractivity contribution in [2.75, 3.05) is 16.8 Å². The second kappa shape index (κ2) is 5.08. The number of anilines is 2. The molecule has 7 heteroatoms. The SMILES string of the molecule is CN1C(=O)Cc2c1ccc1c2C[C@H]2[C@H](CCc3ccon3)OC(=O)N12. The number of carbonyl (C=O) groups excluding carboxylic acids is 2. The van der Waals surface area contributed by atoms with Crippen LogP contribution < -0.4 is 9.80 Å². The van der Waals surface area contributed by atoms with Crippen molar-refractivity contribution < 1.29 is 18.8 Å². The summed E-state index contributed by atoms with van der Waals surface area (Å²) in [5.41, 5.74) is 4.88. The van der Waals surface area contributed by atoms with Crippen molar-refractivity contribution in [1.82, 2.24) is 5.16 Å². The molecule has 4 heterocycles. The first kappa shape index (κ1) is 14.5. The maximum Gasteiger partial charge on any atom is 0.415 e. The van der Waals surface area contributed by atoms with Gasteiger partial charge in [0.05, 0.1) is 23.8 Å². The van der Waals surface area contributed by atoms with Crippen molar-refractivity contribution in [3.63, 3.8) is 0 Å². The van der Waals surface area contributed by atoms with Gasteiger partial charge in [0.25, 0.3) is 0 Å². The molecule has 0 aliphatic carbocycles. The number of rotatable bonds is 3. The average Bonchev–Trinajstić information content (AvgIpc) is 3.33. The van der Waals surface area contributed by atoms with Crippen molar-refractivity contribution in [2.45, 2.75) is 37.8 Å². The summed E-state index contributed by atoms with van der Waals surface area (Å²) in [5.74, 6) is 0.0978. The van der Waals surface area contributed by atoms with Crippen LogP contribution in [0.25, 0.3) is 0 Å². The minimum Gasteiger partial charge on any atom is -0.444 e. The summed E-state index contributed by atoms with van der Waals surface area (Å²) in [6.45, 7) is 0. The molecule has 0 spiro atoms. The van der Waals surface area contributed by atoms with Gasteiger partial charge in [-0.1, -0.05) is 5.16 Å². The van der Waals surface area contributed by atoms with Crippen LogP contribution in [0, 0.1) is 0 Å². The zero-order chi connectivity index (χ0) is 17.1. The van der Waals surface area contributed by atoms with E-state index < -0.39 is 0 Å². The van der Waals surface area contributed by atoms with Gasteiger partial charge in [-0.05, 0) is 42.5 Å². The van der Waals surface area contributed by atoms with Gasteiger partial charge in [-0.2, -0.15) is 0 Å². The van der Waals surface area contributed by atoms with Crippen molar-refractivity contribution in [1.29, 1.82) is 0 Å². The van der Waals surface area contributed by atoms with Crippen LogP contribution in [0.3, 0.4) is 0 Å².